The molecule has 0 fully saturated rings. The molecule has 0 aliphatic heterocycles. The molecule has 5 heteroatoms. The molecule has 4 aromatic heterocycles. The highest BCUT2D eigenvalue weighted by Gasteiger charge is 2.21. The lowest BCUT2D eigenvalue weighted by molar-refractivity contribution is 1.10. The number of fused-ring (bicyclic) bond motifs is 6. The van der Waals surface area contributed by atoms with Gasteiger partial charge in [-0.15, -0.1) is 0 Å². The molecular weight excluding hydrogens is 490 g/mol. The zero-order chi connectivity index (χ0) is 26.6. The van der Waals surface area contributed by atoms with E-state index in [1.807, 2.05) is 42.7 Å². The van der Waals surface area contributed by atoms with Gasteiger partial charge in [-0.25, -0.2) is 9.97 Å². The van der Waals surface area contributed by atoms with Gasteiger partial charge in [0.25, 0.3) is 0 Å². The Kier molecular flexibility index (Phi) is 4.82. The minimum atomic E-state index is 0.595. The summed E-state index contributed by atoms with van der Waals surface area (Å²) in [6.07, 6.45) is 3.63. The largest absolute Gasteiger partial charge is 0.309 e. The molecule has 8 aromatic rings. The van der Waals surface area contributed by atoms with E-state index in [4.69, 9.17) is 9.97 Å². The van der Waals surface area contributed by atoms with E-state index in [0.29, 0.717) is 5.56 Å². The van der Waals surface area contributed by atoms with E-state index >= 15 is 0 Å². The van der Waals surface area contributed by atoms with E-state index in [9.17, 15) is 5.26 Å². The van der Waals surface area contributed by atoms with Crippen molar-refractivity contribution >= 4 is 43.9 Å². The Morgan fingerprint density at radius 3 is 1.70 bits per heavy atom. The first-order valence-corrected chi connectivity index (χ1v) is 13.2. The number of nitrogens with zero attached hydrogens (tertiary/aromatic N) is 5. The Bertz CT molecular complexity index is 2190. The Balaban J connectivity index is 1.50. The third-order valence-electron chi connectivity index (χ3n) is 7.67. The summed E-state index contributed by atoms with van der Waals surface area (Å²) < 4.78 is 4.44. The van der Waals surface area contributed by atoms with Gasteiger partial charge < -0.3 is 4.57 Å². The fourth-order valence-corrected chi connectivity index (χ4v) is 5.99. The zero-order valence-electron chi connectivity index (χ0n) is 21.4. The first-order chi connectivity index (χ1) is 19.8. The Labute approximate surface area is 229 Å². The maximum absolute atomic E-state index is 9.92. The summed E-state index contributed by atoms with van der Waals surface area (Å²) in [6.45, 7) is 0. The van der Waals surface area contributed by atoms with Gasteiger partial charge in [-0.05, 0) is 60.7 Å². The molecule has 0 unspecified atom stereocenters. The van der Waals surface area contributed by atoms with Gasteiger partial charge in [0.15, 0.2) is 0 Å². The summed E-state index contributed by atoms with van der Waals surface area (Å²) in [6, 6.07) is 41.7. The SMILES string of the molecule is N#Cc1ccc(-n2c3ncccc3c3cccnc32)c(-c2ccccc2-n2c3ccccc3c3ccccc32)c1. The molecule has 0 saturated heterocycles. The van der Waals surface area contributed by atoms with Gasteiger partial charge in [0.1, 0.15) is 11.3 Å². The summed E-state index contributed by atoms with van der Waals surface area (Å²) in [7, 11) is 0. The molecular formula is C35H21N5. The van der Waals surface area contributed by atoms with Crippen LogP contribution in [0.1, 0.15) is 5.56 Å². The first kappa shape index (κ1) is 22.3. The van der Waals surface area contributed by atoms with Crippen molar-refractivity contribution in [3.05, 3.63) is 133 Å². The van der Waals surface area contributed by atoms with Crippen molar-refractivity contribution < 1.29 is 0 Å². The number of aromatic nitrogens is 4. The van der Waals surface area contributed by atoms with Crippen molar-refractivity contribution in [2.24, 2.45) is 0 Å². The zero-order valence-corrected chi connectivity index (χ0v) is 21.4. The van der Waals surface area contributed by atoms with Crippen LogP contribution in [0.5, 0.6) is 0 Å². The Morgan fingerprint density at radius 1 is 0.500 bits per heavy atom. The summed E-state index contributed by atoms with van der Waals surface area (Å²) in [5, 5.41) is 14.4. The quantitative estimate of drug-likeness (QED) is 0.240. The molecule has 186 valence electrons. The second-order valence-electron chi connectivity index (χ2n) is 9.82. The van der Waals surface area contributed by atoms with Crippen molar-refractivity contribution in [3.8, 4) is 28.6 Å². The smallest absolute Gasteiger partial charge is 0.146 e. The van der Waals surface area contributed by atoms with Crippen LogP contribution in [0.25, 0.3) is 66.4 Å². The van der Waals surface area contributed by atoms with Crippen LogP contribution in [0.2, 0.25) is 0 Å². The lowest BCUT2D eigenvalue weighted by Gasteiger charge is -2.18. The van der Waals surface area contributed by atoms with Crippen LogP contribution < -0.4 is 0 Å². The van der Waals surface area contributed by atoms with E-state index in [0.717, 1.165) is 55.6 Å². The summed E-state index contributed by atoms with van der Waals surface area (Å²) in [5.74, 6) is 0. The van der Waals surface area contributed by atoms with Crippen LogP contribution in [0.15, 0.2) is 128 Å². The predicted octanol–water partition coefficient (Wildman–Crippen LogP) is 8.21. The van der Waals surface area contributed by atoms with Gasteiger partial charge in [0, 0.05) is 45.1 Å². The van der Waals surface area contributed by atoms with Gasteiger partial charge in [-0.1, -0.05) is 54.6 Å². The minimum Gasteiger partial charge on any atom is -0.309 e. The molecule has 5 nitrogen and oxygen atoms in total. The third kappa shape index (κ3) is 3.14. The van der Waals surface area contributed by atoms with Gasteiger partial charge in [-0.2, -0.15) is 5.26 Å². The van der Waals surface area contributed by atoms with E-state index < -0.39 is 0 Å². The maximum atomic E-state index is 9.92. The molecule has 0 atom stereocenters. The summed E-state index contributed by atoms with van der Waals surface area (Å²) in [5.41, 5.74) is 8.44. The van der Waals surface area contributed by atoms with Gasteiger partial charge in [0.05, 0.1) is 34.0 Å². The summed E-state index contributed by atoms with van der Waals surface area (Å²) in [4.78, 5) is 9.56. The first-order valence-electron chi connectivity index (χ1n) is 13.2. The maximum Gasteiger partial charge on any atom is 0.146 e. The van der Waals surface area contributed by atoms with Crippen molar-refractivity contribution in [3.63, 3.8) is 0 Å². The minimum absolute atomic E-state index is 0.595. The van der Waals surface area contributed by atoms with E-state index in [1.165, 1.54) is 10.8 Å². The summed E-state index contributed by atoms with van der Waals surface area (Å²) >= 11 is 0. The van der Waals surface area contributed by atoms with E-state index in [-0.39, 0.29) is 0 Å². The normalized spacial score (nSPS) is 11.5. The Hall–Kier alpha value is -5.73. The third-order valence-corrected chi connectivity index (χ3v) is 7.67. The highest BCUT2D eigenvalue weighted by atomic mass is 15.1. The van der Waals surface area contributed by atoms with Crippen molar-refractivity contribution in [1.82, 2.24) is 19.1 Å². The molecule has 0 bridgehead atoms. The number of nitriles is 1. The van der Waals surface area contributed by atoms with Gasteiger partial charge in [0.2, 0.25) is 0 Å². The number of hydrogen-bond acceptors (Lipinski definition) is 3. The number of rotatable bonds is 3. The number of benzene rings is 4. The van der Waals surface area contributed by atoms with Gasteiger partial charge in [-0.3, -0.25) is 4.57 Å². The molecule has 0 saturated carbocycles. The van der Waals surface area contributed by atoms with Crippen LogP contribution in [-0.4, -0.2) is 19.1 Å². The molecule has 0 radical (unpaired) electrons. The molecule has 0 amide bonds. The number of hydrogen-bond donors (Lipinski definition) is 0. The van der Waals surface area contributed by atoms with Crippen LogP contribution in [0, 0.1) is 11.3 Å². The fourth-order valence-electron chi connectivity index (χ4n) is 5.99. The van der Waals surface area contributed by atoms with Crippen molar-refractivity contribution in [2.45, 2.75) is 0 Å². The standard InChI is InChI=1S/C35H21N5/c36-22-23-17-18-33(40-34-27(12-7-19-37-34)28-13-8-20-38-35(28)40)29(21-23)26-11-3-6-16-32(26)39-30-14-4-1-9-24(30)25-10-2-5-15-31(25)39/h1-21H. The van der Waals surface area contributed by atoms with E-state index in [1.54, 1.807) is 0 Å². The molecule has 0 aliphatic carbocycles. The van der Waals surface area contributed by atoms with Crippen molar-refractivity contribution in [2.75, 3.05) is 0 Å². The topological polar surface area (TPSA) is 59.4 Å². The molecule has 4 aromatic carbocycles. The monoisotopic (exact) mass is 511 g/mol. The lowest BCUT2D eigenvalue weighted by atomic mass is 9.99. The predicted molar refractivity (Wildman–Crippen MR) is 161 cm³/mol. The molecule has 0 spiro atoms. The van der Waals surface area contributed by atoms with Crippen LogP contribution in [0.3, 0.4) is 0 Å². The lowest BCUT2D eigenvalue weighted by Crippen LogP contribution is -2.03. The number of pyridine rings is 2. The average molecular weight is 512 g/mol. The molecule has 8 rings (SSSR count). The van der Waals surface area contributed by atoms with Gasteiger partial charge >= 0.3 is 0 Å². The Morgan fingerprint density at radius 2 is 1.05 bits per heavy atom. The highest BCUT2D eigenvalue weighted by Crippen LogP contribution is 2.40. The second-order valence-corrected chi connectivity index (χ2v) is 9.82. The number of para-hydroxylation sites is 3. The second kappa shape index (κ2) is 8.65. The fraction of sp³-hybridized carbons (Fsp3) is 0. The van der Waals surface area contributed by atoms with Crippen molar-refractivity contribution in [1.29, 1.82) is 5.26 Å². The molecule has 4 heterocycles. The molecule has 40 heavy (non-hydrogen) atoms. The van der Waals surface area contributed by atoms with Crippen LogP contribution >= 0.6 is 0 Å². The molecule has 0 N–H and O–H groups in total. The van der Waals surface area contributed by atoms with Crippen LogP contribution in [-0.2, 0) is 0 Å². The molecule has 0 aliphatic rings. The highest BCUT2D eigenvalue weighted by molar-refractivity contribution is 6.10. The van der Waals surface area contributed by atoms with E-state index in [2.05, 4.69) is 100 Å². The average Bonchev–Trinajstić information content (AvgIpc) is 3.54. The van der Waals surface area contributed by atoms with Crippen LogP contribution in [0.4, 0.5) is 0 Å².